The van der Waals surface area contributed by atoms with Gasteiger partial charge >= 0.3 is 0 Å². The highest BCUT2D eigenvalue weighted by molar-refractivity contribution is 7.89. The summed E-state index contributed by atoms with van der Waals surface area (Å²) in [5.41, 5.74) is 2.53. The van der Waals surface area contributed by atoms with Crippen LogP contribution in [0.1, 0.15) is 38.1 Å². The lowest BCUT2D eigenvalue weighted by Crippen LogP contribution is -2.42. The molecule has 0 spiro atoms. The van der Waals surface area contributed by atoms with Gasteiger partial charge in [-0.25, -0.2) is 8.42 Å². The predicted octanol–water partition coefficient (Wildman–Crippen LogP) is 3.20. The molecule has 1 aromatic heterocycles. The third-order valence-corrected chi connectivity index (χ3v) is 7.11. The number of rotatable bonds is 6. The van der Waals surface area contributed by atoms with Crippen molar-refractivity contribution in [1.82, 2.24) is 14.1 Å². The molecule has 0 aliphatic carbocycles. The lowest BCUT2D eigenvalue weighted by Gasteiger charge is -2.34. The Hall–Kier alpha value is -2.19. The quantitative estimate of drug-likeness (QED) is 0.781. The number of amides is 1. The standard InChI is InChI=1S/C21H30N4O3S/c1-15-11-16(2)14-24(13-15)29(27,28)20-7-5-19(6-8-20)22-21(26)9-10-25-18(4)12-17(3)23-25/h5-8,12,15-16H,9-11,13-14H2,1-4H3,(H,22,26). The first kappa shape index (κ1) is 21.5. The van der Waals surface area contributed by atoms with Crippen LogP contribution < -0.4 is 5.32 Å². The Kier molecular flexibility index (Phi) is 6.43. The molecule has 7 nitrogen and oxygen atoms in total. The fraction of sp³-hybridized carbons (Fsp3) is 0.524. The molecule has 1 N–H and O–H groups in total. The third kappa shape index (κ3) is 5.25. The number of aryl methyl sites for hydroxylation is 3. The van der Waals surface area contributed by atoms with Crippen molar-refractivity contribution >= 4 is 21.6 Å². The van der Waals surface area contributed by atoms with E-state index >= 15 is 0 Å². The second-order valence-corrected chi connectivity index (χ2v) is 10.2. The van der Waals surface area contributed by atoms with Crippen LogP contribution in [0.25, 0.3) is 0 Å². The Morgan fingerprint density at radius 1 is 1.14 bits per heavy atom. The summed E-state index contributed by atoms with van der Waals surface area (Å²) in [4.78, 5) is 12.5. The SMILES string of the molecule is Cc1cc(C)n(CCC(=O)Nc2ccc(S(=O)(=O)N3CC(C)CC(C)C3)cc2)n1. The number of nitrogens with zero attached hydrogens (tertiary/aromatic N) is 3. The van der Waals surface area contributed by atoms with Crippen molar-refractivity contribution < 1.29 is 13.2 Å². The maximum atomic E-state index is 12.9. The minimum Gasteiger partial charge on any atom is -0.326 e. The first-order chi connectivity index (χ1) is 13.6. The number of nitrogens with one attached hydrogen (secondary N) is 1. The van der Waals surface area contributed by atoms with Gasteiger partial charge in [-0.15, -0.1) is 0 Å². The first-order valence-corrected chi connectivity index (χ1v) is 11.5. The molecule has 0 saturated carbocycles. The van der Waals surface area contributed by atoms with Gasteiger partial charge in [0.2, 0.25) is 15.9 Å². The molecule has 1 saturated heterocycles. The highest BCUT2D eigenvalue weighted by atomic mass is 32.2. The summed E-state index contributed by atoms with van der Waals surface area (Å²) in [6.45, 7) is 9.66. The molecule has 1 aliphatic rings. The number of aromatic nitrogens is 2. The number of carbonyl (C=O) groups is 1. The molecule has 8 heteroatoms. The van der Waals surface area contributed by atoms with Gasteiger partial charge in [-0.3, -0.25) is 9.48 Å². The molecule has 29 heavy (non-hydrogen) atoms. The van der Waals surface area contributed by atoms with Crippen molar-refractivity contribution in [3.8, 4) is 0 Å². The Balaban J connectivity index is 1.60. The number of carbonyl (C=O) groups excluding carboxylic acids is 1. The smallest absolute Gasteiger partial charge is 0.243 e. The number of sulfonamides is 1. The fourth-order valence-electron chi connectivity index (χ4n) is 3.99. The van der Waals surface area contributed by atoms with Crippen molar-refractivity contribution in [2.24, 2.45) is 11.8 Å². The van der Waals surface area contributed by atoms with Crippen LogP contribution in [0.2, 0.25) is 0 Å². The van der Waals surface area contributed by atoms with Gasteiger partial charge in [0.05, 0.1) is 10.6 Å². The lowest BCUT2D eigenvalue weighted by atomic mass is 9.94. The maximum absolute atomic E-state index is 12.9. The molecular formula is C21H30N4O3S. The number of hydrogen-bond donors (Lipinski definition) is 1. The zero-order valence-corrected chi connectivity index (χ0v) is 18.4. The van der Waals surface area contributed by atoms with E-state index in [9.17, 15) is 13.2 Å². The summed E-state index contributed by atoms with van der Waals surface area (Å²) in [6.07, 6.45) is 1.35. The van der Waals surface area contributed by atoms with Crippen LogP contribution in [0.15, 0.2) is 35.2 Å². The molecule has 1 aromatic carbocycles. The van der Waals surface area contributed by atoms with Crippen molar-refractivity contribution in [3.63, 3.8) is 0 Å². The van der Waals surface area contributed by atoms with Gasteiger partial charge in [0.1, 0.15) is 0 Å². The van der Waals surface area contributed by atoms with E-state index in [0.717, 1.165) is 17.8 Å². The zero-order valence-electron chi connectivity index (χ0n) is 17.6. The second kappa shape index (κ2) is 8.67. The number of hydrogen-bond acceptors (Lipinski definition) is 4. The average Bonchev–Trinajstić information content (AvgIpc) is 2.97. The molecule has 1 aliphatic heterocycles. The summed E-state index contributed by atoms with van der Waals surface area (Å²) >= 11 is 0. The van der Waals surface area contributed by atoms with E-state index in [0.29, 0.717) is 43.6 Å². The van der Waals surface area contributed by atoms with E-state index in [1.165, 1.54) is 0 Å². The van der Waals surface area contributed by atoms with Crippen LogP contribution in [-0.4, -0.2) is 41.5 Å². The average molecular weight is 419 g/mol. The number of benzene rings is 1. The van der Waals surface area contributed by atoms with Gasteiger partial charge in [0.15, 0.2) is 0 Å². The molecule has 1 amide bonds. The molecule has 2 aromatic rings. The van der Waals surface area contributed by atoms with Crippen LogP contribution in [0, 0.1) is 25.7 Å². The Morgan fingerprint density at radius 2 is 1.76 bits per heavy atom. The van der Waals surface area contributed by atoms with Crippen molar-refractivity contribution in [3.05, 3.63) is 41.7 Å². The van der Waals surface area contributed by atoms with E-state index in [2.05, 4.69) is 24.3 Å². The monoisotopic (exact) mass is 418 g/mol. The number of anilines is 1. The van der Waals surface area contributed by atoms with Crippen molar-refractivity contribution in [2.45, 2.75) is 52.0 Å². The van der Waals surface area contributed by atoms with Crippen LogP contribution in [-0.2, 0) is 21.4 Å². The van der Waals surface area contributed by atoms with Crippen LogP contribution >= 0.6 is 0 Å². The highest BCUT2D eigenvalue weighted by Crippen LogP contribution is 2.27. The van der Waals surface area contributed by atoms with Crippen LogP contribution in [0.3, 0.4) is 0 Å². The van der Waals surface area contributed by atoms with Gasteiger partial charge < -0.3 is 5.32 Å². The molecule has 0 radical (unpaired) electrons. The Bertz CT molecular complexity index is 956. The Morgan fingerprint density at radius 3 is 2.31 bits per heavy atom. The van der Waals surface area contributed by atoms with Gasteiger partial charge in [-0.1, -0.05) is 13.8 Å². The Labute approximate surface area is 173 Å². The van der Waals surface area contributed by atoms with Crippen molar-refractivity contribution in [2.75, 3.05) is 18.4 Å². The van der Waals surface area contributed by atoms with Gasteiger partial charge in [0.25, 0.3) is 0 Å². The minimum atomic E-state index is -3.51. The van der Waals surface area contributed by atoms with E-state index in [1.807, 2.05) is 24.6 Å². The largest absolute Gasteiger partial charge is 0.326 e. The predicted molar refractivity (Wildman–Crippen MR) is 113 cm³/mol. The molecule has 3 rings (SSSR count). The molecule has 1 fully saturated rings. The van der Waals surface area contributed by atoms with E-state index in [1.54, 1.807) is 28.6 Å². The first-order valence-electron chi connectivity index (χ1n) is 10.1. The molecule has 2 unspecified atom stereocenters. The number of piperidine rings is 1. The summed E-state index contributed by atoms with van der Waals surface area (Å²) in [5, 5.41) is 7.17. The summed E-state index contributed by atoms with van der Waals surface area (Å²) in [5.74, 6) is 0.579. The molecule has 158 valence electrons. The summed E-state index contributed by atoms with van der Waals surface area (Å²) in [6, 6.07) is 8.39. The van der Waals surface area contributed by atoms with Crippen molar-refractivity contribution in [1.29, 1.82) is 0 Å². The third-order valence-electron chi connectivity index (χ3n) is 5.27. The van der Waals surface area contributed by atoms with Gasteiger partial charge in [-0.05, 0) is 62.4 Å². The fourth-order valence-corrected chi connectivity index (χ4v) is 5.67. The summed E-state index contributed by atoms with van der Waals surface area (Å²) < 4.78 is 29.3. The summed E-state index contributed by atoms with van der Waals surface area (Å²) in [7, 11) is -3.51. The lowest BCUT2D eigenvalue weighted by molar-refractivity contribution is -0.116. The zero-order chi connectivity index (χ0) is 21.2. The normalized spacial score (nSPS) is 20.6. The minimum absolute atomic E-state index is 0.133. The molecule has 2 atom stereocenters. The van der Waals surface area contributed by atoms with Gasteiger partial charge in [-0.2, -0.15) is 9.40 Å². The van der Waals surface area contributed by atoms with E-state index < -0.39 is 10.0 Å². The van der Waals surface area contributed by atoms with Crippen LogP contribution in [0.5, 0.6) is 0 Å². The topological polar surface area (TPSA) is 84.3 Å². The van der Waals surface area contributed by atoms with Crippen LogP contribution in [0.4, 0.5) is 5.69 Å². The van der Waals surface area contributed by atoms with Gasteiger partial charge in [0, 0.05) is 37.4 Å². The molecule has 2 heterocycles. The van der Waals surface area contributed by atoms with E-state index in [-0.39, 0.29) is 10.8 Å². The molecule has 0 bridgehead atoms. The second-order valence-electron chi connectivity index (χ2n) is 8.24. The maximum Gasteiger partial charge on any atom is 0.243 e. The highest BCUT2D eigenvalue weighted by Gasteiger charge is 2.31. The van der Waals surface area contributed by atoms with E-state index in [4.69, 9.17) is 0 Å². The molecular weight excluding hydrogens is 388 g/mol.